The summed E-state index contributed by atoms with van der Waals surface area (Å²) in [5.41, 5.74) is 1.91. The number of hydrogen-bond acceptors (Lipinski definition) is 2. The lowest BCUT2D eigenvalue weighted by Gasteiger charge is -2.22. The Kier molecular flexibility index (Phi) is 9.27. The molecule has 0 spiro atoms. The molecular weight excluding hydrogens is 300 g/mol. The highest BCUT2D eigenvalue weighted by Gasteiger charge is 2.05. The maximum absolute atomic E-state index is 11.1. The first-order valence-electron chi connectivity index (χ1n) is 8.46. The van der Waals surface area contributed by atoms with Crippen LogP contribution in [0.25, 0.3) is 0 Å². The summed E-state index contributed by atoms with van der Waals surface area (Å²) in [6.07, 6.45) is 6.59. The third-order valence-electron chi connectivity index (χ3n) is 3.67. The van der Waals surface area contributed by atoms with Crippen molar-refractivity contribution in [1.82, 2.24) is 10.2 Å². The van der Waals surface area contributed by atoms with E-state index in [0.717, 1.165) is 36.6 Å². The van der Waals surface area contributed by atoms with E-state index in [-0.39, 0.29) is 5.91 Å². The number of nitrogens with zero attached hydrogens (tertiary/aromatic N) is 2. The van der Waals surface area contributed by atoms with Crippen LogP contribution in [0.3, 0.4) is 0 Å². The monoisotopic (exact) mass is 330 g/mol. The molecule has 0 atom stereocenters. The van der Waals surface area contributed by atoms with Gasteiger partial charge in [-0.05, 0) is 37.0 Å². The highest BCUT2D eigenvalue weighted by atomic mass is 16.1. The molecule has 0 radical (unpaired) electrons. The Morgan fingerprint density at radius 3 is 2.79 bits per heavy atom. The van der Waals surface area contributed by atoms with Crippen LogP contribution in [-0.2, 0) is 11.3 Å². The number of nitrogens with one attached hydrogen (secondary N) is 2. The fourth-order valence-corrected chi connectivity index (χ4v) is 2.45. The third-order valence-corrected chi connectivity index (χ3v) is 3.67. The summed E-state index contributed by atoms with van der Waals surface area (Å²) in [5, 5.41) is 6.16. The maximum atomic E-state index is 11.1. The molecule has 1 aromatic carbocycles. The molecule has 0 bridgehead atoms. The van der Waals surface area contributed by atoms with Gasteiger partial charge in [0.05, 0.1) is 0 Å². The van der Waals surface area contributed by atoms with E-state index in [1.807, 2.05) is 30.3 Å². The molecule has 1 rings (SSSR count). The number of carbonyl (C=O) groups excluding carboxylic acids is 1. The molecule has 1 amide bonds. The van der Waals surface area contributed by atoms with Gasteiger partial charge in [0.2, 0.25) is 5.91 Å². The summed E-state index contributed by atoms with van der Waals surface area (Å²) in [7, 11) is 3.85. The van der Waals surface area contributed by atoms with Gasteiger partial charge in [-0.3, -0.25) is 9.79 Å². The smallest absolute Gasteiger partial charge is 0.221 e. The molecule has 5 nitrogen and oxygen atoms in total. The second-order valence-electron chi connectivity index (χ2n) is 5.84. The zero-order valence-electron chi connectivity index (χ0n) is 15.1. The fraction of sp³-hybridized carbons (Fsp3) is 0.474. The predicted octanol–water partition coefficient (Wildman–Crippen LogP) is 3.40. The molecule has 0 aliphatic rings. The molecule has 0 aromatic heterocycles. The van der Waals surface area contributed by atoms with Crippen molar-refractivity contribution in [3.8, 4) is 0 Å². The summed E-state index contributed by atoms with van der Waals surface area (Å²) in [4.78, 5) is 17.6. The van der Waals surface area contributed by atoms with Crippen LogP contribution >= 0.6 is 0 Å². The molecule has 5 heteroatoms. The van der Waals surface area contributed by atoms with Crippen LogP contribution in [0.5, 0.6) is 0 Å². The highest BCUT2D eigenvalue weighted by molar-refractivity contribution is 5.88. The van der Waals surface area contributed by atoms with Gasteiger partial charge in [-0.1, -0.05) is 24.6 Å². The van der Waals surface area contributed by atoms with Gasteiger partial charge < -0.3 is 15.5 Å². The number of benzene rings is 1. The van der Waals surface area contributed by atoms with Crippen molar-refractivity contribution in [3.63, 3.8) is 0 Å². The van der Waals surface area contributed by atoms with Gasteiger partial charge in [0, 0.05) is 39.8 Å². The molecule has 1 aromatic rings. The predicted molar refractivity (Wildman–Crippen MR) is 102 cm³/mol. The van der Waals surface area contributed by atoms with E-state index in [2.05, 4.69) is 34.2 Å². The van der Waals surface area contributed by atoms with Crippen molar-refractivity contribution in [2.45, 2.75) is 39.2 Å². The lowest BCUT2D eigenvalue weighted by molar-refractivity contribution is -0.114. The van der Waals surface area contributed by atoms with E-state index in [4.69, 9.17) is 0 Å². The third kappa shape index (κ3) is 7.81. The Balaban J connectivity index is 2.45. The summed E-state index contributed by atoms with van der Waals surface area (Å²) < 4.78 is 0. The SMILES string of the molecule is C=CCCCCCN(C)C(=NC)NCc1cccc(NC(C)=O)c1. The molecule has 0 heterocycles. The van der Waals surface area contributed by atoms with Crippen molar-refractivity contribution in [2.75, 3.05) is 26.0 Å². The van der Waals surface area contributed by atoms with Gasteiger partial charge in [-0.25, -0.2) is 0 Å². The highest BCUT2D eigenvalue weighted by Crippen LogP contribution is 2.10. The zero-order valence-corrected chi connectivity index (χ0v) is 15.1. The van der Waals surface area contributed by atoms with Crippen LogP contribution < -0.4 is 10.6 Å². The van der Waals surface area contributed by atoms with Crippen molar-refractivity contribution in [3.05, 3.63) is 42.5 Å². The molecule has 0 aliphatic heterocycles. The van der Waals surface area contributed by atoms with E-state index >= 15 is 0 Å². The average Bonchev–Trinajstić information content (AvgIpc) is 2.55. The molecule has 132 valence electrons. The van der Waals surface area contributed by atoms with Crippen molar-refractivity contribution in [2.24, 2.45) is 4.99 Å². The van der Waals surface area contributed by atoms with Crippen molar-refractivity contribution >= 4 is 17.6 Å². The van der Waals surface area contributed by atoms with Gasteiger partial charge >= 0.3 is 0 Å². The second kappa shape index (κ2) is 11.3. The Morgan fingerprint density at radius 2 is 2.12 bits per heavy atom. The summed E-state index contributed by atoms with van der Waals surface area (Å²) in [5.74, 6) is 0.816. The normalized spacial score (nSPS) is 11.0. The number of aliphatic imine (C=N–C) groups is 1. The van der Waals surface area contributed by atoms with Gasteiger partial charge in [0.1, 0.15) is 0 Å². The van der Waals surface area contributed by atoms with E-state index in [9.17, 15) is 4.79 Å². The Bertz CT molecular complexity index is 554. The maximum Gasteiger partial charge on any atom is 0.221 e. The first-order valence-corrected chi connectivity index (χ1v) is 8.46. The van der Waals surface area contributed by atoms with Crippen LogP contribution in [0, 0.1) is 0 Å². The van der Waals surface area contributed by atoms with Gasteiger partial charge in [-0.2, -0.15) is 0 Å². The number of unbranched alkanes of at least 4 members (excludes halogenated alkanes) is 3. The largest absolute Gasteiger partial charge is 0.352 e. The molecule has 24 heavy (non-hydrogen) atoms. The van der Waals surface area contributed by atoms with E-state index in [1.165, 1.54) is 19.8 Å². The van der Waals surface area contributed by atoms with Gasteiger partial charge in [0.15, 0.2) is 5.96 Å². The average molecular weight is 330 g/mol. The number of guanidine groups is 1. The van der Waals surface area contributed by atoms with E-state index in [0.29, 0.717) is 6.54 Å². The van der Waals surface area contributed by atoms with Crippen LogP contribution in [0.15, 0.2) is 41.9 Å². The van der Waals surface area contributed by atoms with Crippen molar-refractivity contribution < 1.29 is 4.79 Å². The Labute approximate surface area is 145 Å². The topological polar surface area (TPSA) is 56.7 Å². The molecule has 0 saturated carbocycles. The minimum Gasteiger partial charge on any atom is -0.352 e. The van der Waals surface area contributed by atoms with Crippen LogP contribution in [0.1, 0.15) is 38.2 Å². The lowest BCUT2D eigenvalue weighted by Crippen LogP contribution is -2.39. The fourth-order valence-electron chi connectivity index (χ4n) is 2.45. The number of amides is 1. The lowest BCUT2D eigenvalue weighted by atomic mass is 10.2. The summed E-state index contributed by atoms with van der Waals surface area (Å²) in [6, 6.07) is 7.82. The van der Waals surface area contributed by atoms with Crippen LogP contribution in [-0.4, -0.2) is 37.4 Å². The number of allylic oxidation sites excluding steroid dienone is 1. The van der Waals surface area contributed by atoms with E-state index in [1.54, 1.807) is 7.05 Å². The molecule has 0 aliphatic carbocycles. The minimum absolute atomic E-state index is 0.0629. The minimum atomic E-state index is -0.0629. The Hall–Kier alpha value is -2.30. The first-order chi connectivity index (χ1) is 11.6. The van der Waals surface area contributed by atoms with Crippen LogP contribution in [0.2, 0.25) is 0 Å². The number of carbonyl (C=O) groups is 1. The molecule has 2 N–H and O–H groups in total. The number of anilines is 1. The molecule has 0 fully saturated rings. The van der Waals surface area contributed by atoms with Crippen LogP contribution in [0.4, 0.5) is 5.69 Å². The first kappa shape index (κ1) is 19.7. The van der Waals surface area contributed by atoms with Crippen molar-refractivity contribution in [1.29, 1.82) is 0 Å². The van der Waals surface area contributed by atoms with Gasteiger partial charge in [0.25, 0.3) is 0 Å². The standard InChI is InChI=1S/C19H30N4O/c1-5-6-7-8-9-13-23(4)19(20-3)21-15-17-11-10-12-18(14-17)22-16(2)24/h5,10-12,14H,1,6-9,13,15H2,2-4H3,(H,20,21)(H,22,24). The molecule has 0 saturated heterocycles. The number of rotatable bonds is 9. The zero-order chi connectivity index (χ0) is 17.8. The second-order valence-corrected chi connectivity index (χ2v) is 5.84. The quantitative estimate of drug-likeness (QED) is 0.316. The molecule has 0 unspecified atom stereocenters. The summed E-state index contributed by atoms with van der Waals surface area (Å²) in [6.45, 7) is 6.90. The Morgan fingerprint density at radius 1 is 1.33 bits per heavy atom. The van der Waals surface area contributed by atoms with Gasteiger partial charge in [-0.15, -0.1) is 6.58 Å². The van der Waals surface area contributed by atoms with E-state index < -0.39 is 0 Å². The summed E-state index contributed by atoms with van der Waals surface area (Å²) >= 11 is 0. The number of hydrogen-bond donors (Lipinski definition) is 2. The molecular formula is C19H30N4O.